The molecule has 0 spiro atoms. The van der Waals surface area contributed by atoms with Gasteiger partial charge < -0.3 is 15.4 Å². The summed E-state index contributed by atoms with van der Waals surface area (Å²) in [5.41, 5.74) is 1.24. The van der Waals surface area contributed by atoms with E-state index >= 15 is 0 Å². The normalized spacial score (nSPS) is 16.2. The molecular weight excluding hydrogens is 443 g/mol. The van der Waals surface area contributed by atoms with Crippen LogP contribution in [-0.4, -0.2) is 72.1 Å². The number of aromatic nitrogens is 2. The number of hydrogen-bond acceptors (Lipinski definition) is 4. The van der Waals surface area contributed by atoms with Crippen LogP contribution in [0.3, 0.4) is 0 Å². The summed E-state index contributed by atoms with van der Waals surface area (Å²) in [6.07, 6.45) is 4.98. The van der Waals surface area contributed by atoms with Crippen molar-refractivity contribution in [3.8, 4) is 0 Å². The van der Waals surface area contributed by atoms with E-state index in [1.807, 2.05) is 10.9 Å². The molecule has 0 saturated carbocycles. The lowest BCUT2D eigenvalue weighted by Crippen LogP contribution is -2.52. The van der Waals surface area contributed by atoms with Gasteiger partial charge in [-0.2, -0.15) is 5.10 Å². The van der Waals surface area contributed by atoms with E-state index in [2.05, 4.69) is 54.5 Å². The van der Waals surface area contributed by atoms with Gasteiger partial charge in [0, 0.05) is 44.5 Å². The van der Waals surface area contributed by atoms with Crippen LogP contribution in [-0.2, 0) is 11.3 Å². The second-order valence-corrected chi connectivity index (χ2v) is 7.17. The zero-order valence-corrected chi connectivity index (χ0v) is 19.0. The number of hydrogen-bond donors (Lipinski definition) is 2. The average Bonchev–Trinajstić information content (AvgIpc) is 3.02. The summed E-state index contributed by atoms with van der Waals surface area (Å²) in [5.74, 6) is 0.889. The maximum Gasteiger partial charge on any atom is 0.191 e. The molecule has 7 nitrogen and oxygen atoms in total. The second-order valence-electron chi connectivity index (χ2n) is 7.17. The Balaban J connectivity index is 0.00000338. The van der Waals surface area contributed by atoms with Crippen LogP contribution in [0.15, 0.2) is 17.4 Å². The molecule has 0 atom stereocenters. The first-order valence-corrected chi connectivity index (χ1v) is 9.35. The number of guanidine groups is 1. The van der Waals surface area contributed by atoms with E-state index in [0.29, 0.717) is 0 Å². The quantitative estimate of drug-likeness (QED) is 0.259. The molecule has 1 aromatic heterocycles. The van der Waals surface area contributed by atoms with Gasteiger partial charge in [0.25, 0.3) is 0 Å². The summed E-state index contributed by atoms with van der Waals surface area (Å²) in [5, 5.41) is 11.1. The van der Waals surface area contributed by atoms with Gasteiger partial charge in [-0.15, -0.1) is 24.0 Å². The van der Waals surface area contributed by atoms with E-state index in [-0.39, 0.29) is 29.5 Å². The zero-order valence-electron chi connectivity index (χ0n) is 16.6. The molecule has 0 aromatic carbocycles. The molecule has 1 saturated heterocycles. The molecule has 26 heavy (non-hydrogen) atoms. The third kappa shape index (κ3) is 7.79. The number of halogens is 1. The summed E-state index contributed by atoms with van der Waals surface area (Å²) < 4.78 is 7.44. The SMILES string of the molecule is CCNC(=NCC(C)(C)N1CCOCC1)NCCCn1cc(C)cn1.I. The first-order valence-electron chi connectivity index (χ1n) is 9.35. The highest BCUT2D eigenvalue weighted by Gasteiger charge is 2.28. The first-order chi connectivity index (χ1) is 12.0. The van der Waals surface area contributed by atoms with Crippen molar-refractivity contribution in [2.75, 3.05) is 45.9 Å². The topological polar surface area (TPSA) is 66.7 Å². The largest absolute Gasteiger partial charge is 0.379 e. The molecule has 0 aliphatic carbocycles. The molecule has 1 aliphatic heterocycles. The summed E-state index contributed by atoms with van der Waals surface area (Å²) >= 11 is 0. The number of morpholine rings is 1. The van der Waals surface area contributed by atoms with Crippen molar-refractivity contribution in [1.29, 1.82) is 0 Å². The Morgan fingerprint density at radius 3 is 2.65 bits per heavy atom. The third-order valence-corrected chi connectivity index (χ3v) is 4.45. The van der Waals surface area contributed by atoms with Crippen molar-refractivity contribution >= 4 is 29.9 Å². The monoisotopic (exact) mass is 478 g/mol. The maximum absolute atomic E-state index is 5.45. The van der Waals surface area contributed by atoms with Gasteiger partial charge in [-0.3, -0.25) is 14.6 Å². The molecule has 0 bridgehead atoms. The Hall–Kier alpha value is -0.870. The van der Waals surface area contributed by atoms with Crippen LogP contribution in [0.5, 0.6) is 0 Å². The predicted octanol–water partition coefficient (Wildman–Crippen LogP) is 1.87. The molecule has 1 aromatic rings. The van der Waals surface area contributed by atoms with Crippen LogP contribution in [0, 0.1) is 6.92 Å². The van der Waals surface area contributed by atoms with Crippen molar-refractivity contribution in [2.45, 2.75) is 46.2 Å². The minimum Gasteiger partial charge on any atom is -0.379 e. The zero-order chi connectivity index (χ0) is 18.1. The van der Waals surface area contributed by atoms with Crippen molar-refractivity contribution in [2.24, 2.45) is 4.99 Å². The second kappa shape index (κ2) is 11.8. The third-order valence-electron chi connectivity index (χ3n) is 4.45. The molecule has 2 rings (SSSR count). The molecular formula is C18H35IN6O. The number of aryl methyl sites for hydroxylation is 2. The lowest BCUT2D eigenvalue weighted by Gasteiger charge is -2.39. The van der Waals surface area contributed by atoms with Gasteiger partial charge in [0.05, 0.1) is 26.0 Å². The molecule has 1 fully saturated rings. The minimum absolute atomic E-state index is 0. The summed E-state index contributed by atoms with van der Waals surface area (Å²) in [6, 6.07) is 0. The summed E-state index contributed by atoms with van der Waals surface area (Å²) in [6.45, 7) is 15.7. The van der Waals surface area contributed by atoms with E-state index in [9.17, 15) is 0 Å². The Morgan fingerprint density at radius 2 is 2.04 bits per heavy atom. The standard InChI is InChI=1S/C18H34N6O.HI/c1-5-19-17(20-7-6-8-24-14-16(2)13-22-24)21-15-18(3,4)23-9-11-25-12-10-23;/h13-14H,5-12,15H2,1-4H3,(H2,19,20,21);1H. The molecule has 1 aliphatic rings. The molecule has 2 N–H and O–H groups in total. The van der Waals surface area contributed by atoms with Gasteiger partial charge in [0.15, 0.2) is 5.96 Å². The van der Waals surface area contributed by atoms with Crippen LogP contribution < -0.4 is 10.6 Å². The van der Waals surface area contributed by atoms with E-state index in [1.165, 1.54) is 5.56 Å². The summed E-state index contributed by atoms with van der Waals surface area (Å²) in [7, 11) is 0. The number of rotatable bonds is 8. The van der Waals surface area contributed by atoms with E-state index in [4.69, 9.17) is 9.73 Å². The highest BCUT2D eigenvalue weighted by Crippen LogP contribution is 2.16. The molecule has 0 radical (unpaired) electrons. The maximum atomic E-state index is 5.45. The summed E-state index contributed by atoms with van der Waals surface area (Å²) in [4.78, 5) is 7.26. The van der Waals surface area contributed by atoms with Crippen LogP contribution in [0.4, 0.5) is 0 Å². The fraction of sp³-hybridized carbons (Fsp3) is 0.778. The van der Waals surface area contributed by atoms with Crippen LogP contribution >= 0.6 is 24.0 Å². The Bertz CT molecular complexity index is 540. The first kappa shape index (κ1) is 23.2. The average molecular weight is 478 g/mol. The minimum atomic E-state index is 0. The fourth-order valence-electron chi connectivity index (χ4n) is 2.92. The van der Waals surface area contributed by atoms with E-state index in [0.717, 1.165) is 64.9 Å². The van der Waals surface area contributed by atoms with Gasteiger partial charge in [-0.25, -0.2) is 0 Å². The van der Waals surface area contributed by atoms with E-state index < -0.39 is 0 Å². The molecule has 150 valence electrons. The Kier molecular flexibility index (Phi) is 10.5. The van der Waals surface area contributed by atoms with E-state index in [1.54, 1.807) is 0 Å². The molecule has 0 amide bonds. The van der Waals surface area contributed by atoms with Gasteiger partial charge in [0.2, 0.25) is 0 Å². The lowest BCUT2D eigenvalue weighted by atomic mass is 10.0. The van der Waals surface area contributed by atoms with Crippen molar-refractivity contribution in [1.82, 2.24) is 25.3 Å². The highest BCUT2D eigenvalue weighted by molar-refractivity contribution is 14.0. The van der Waals surface area contributed by atoms with Crippen LogP contribution in [0.2, 0.25) is 0 Å². The van der Waals surface area contributed by atoms with Gasteiger partial charge >= 0.3 is 0 Å². The number of aliphatic imine (C=N–C) groups is 1. The molecule has 2 heterocycles. The van der Waals surface area contributed by atoms with Crippen molar-refractivity contribution in [3.05, 3.63) is 18.0 Å². The Labute approximate surface area is 175 Å². The number of nitrogens with zero attached hydrogens (tertiary/aromatic N) is 4. The van der Waals surface area contributed by atoms with Crippen LogP contribution in [0.25, 0.3) is 0 Å². The van der Waals surface area contributed by atoms with Gasteiger partial charge in [-0.1, -0.05) is 0 Å². The lowest BCUT2D eigenvalue weighted by molar-refractivity contribution is -0.00683. The predicted molar refractivity (Wildman–Crippen MR) is 117 cm³/mol. The van der Waals surface area contributed by atoms with Gasteiger partial charge in [-0.05, 0) is 39.7 Å². The Morgan fingerprint density at radius 1 is 1.31 bits per heavy atom. The van der Waals surface area contributed by atoms with Crippen LogP contribution in [0.1, 0.15) is 32.8 Å². The number of ether oxygens (including phenoxy) is 1. The molecule has 0 unspecified atom stereocenters. The number of nitrogens with one attached hydrogen (secondary N) is 2. The molecule has 8 heteroatoms. The smallest absolute Gasteiger partial charge is 0.191 e. The van der Waals surface area contributed by atoms with Crippen molar-refractivity contribution < 1.29 is 4.74 Å². The van der Waals surface area contributed by atoms with Crippen molar-refractivity contribution in [3.63, 3.8) is 0 Å². The van der Waals surface area contributed by atoms with Gasteiger partial charge in [0.1, 0.15) is 0 Å². The highest BCUT2D eigenvalue weighted by atomic mass is 127. The fourth-order valence-corrected chi connectivity index (χ4v) is 2.92.